The summed E-state index contributed by atoms with van der Waals surface area (Å²) in [7, 11) is 0. The molecule has 0 saturated carbocycles. The van der Waals surface area contributed by atoms with Gasteiger partial charge in [0.25, 0.3) is 0 Å². The smallest absolute Gasteiger partial charge is 0.339 e. The van der Waals surface area contributed by atoms with Crippen LogP contribution in [-0.2, 0) is 4.74 Å². The molecule has 0 radical (unpaired) electrons. The summed E-state index contributed by atoms with van der Waals surface area (Å²) in [5.74, 6) is 0.0505. The maximum atomic E-state index is 11.8. The number of aryl methyl sites for hydroxylation is 1. The molecule has 0 atom stereocenters. The molecule has 0 aliphatic heterocycles. The van der Waals surface area contributed by atoms with Gasteiger partial charge in [-0.2, -0.15) is 0 Å². The molecule has 102 valence electrons. The average Bonchev–Trinajstić information content (AvgIpc) is 2.84. The van der Waals surface area contributed by atoms with Crippen molar-refractivity contribution in [3.05, 3.63) is 41.6 Å². The number of nitrogens with two attached hydrogens (primary N) is 1. The number of anilines is 1. The van der Waals surface area contributed by atoms with Crippen LogP contribution in [0, 0.1) is 6.92 Å². The first-order chi connectivity index (χ1) is 9.60. The SMILES string of the molecule is CCOC(=O)c1cc2c(N)nc3cc(C)ccc3n2c1. The van der Waals surface area contributed by atoms with Crippen molar-refractivity contribution in [2.24, 2.45) is 0 Å². The molecule has 0 bridgehead atoms. The molecule has 0 aliphatic rings. The van der Waals surface area contributed by atoms with Crippen LogP contribution in [0.25, 0.3) is 16.6 Å². The standard InChI is InChI=1S/C15H15N3O2/c1-3-20-15(19)10-7-13-14(16)17-11-6-9(2)4-5-12(11)18(13)8-10/h4-8H,3H2,1-2H3,(H2,16,17). The largest absolute Gasteiger partial charge is 0.462 e. The van der Waals surface area contributed by atoms with Crippen molar-refractivity contribution in [2.45, 2.75) is 13.8 Å². The van der Waals surface area contributed by atoms with Crippen molar-refractivity contribution in [3.8, 4) is 0 Å². The van der Waals surface area contributed by atoms with Crippen LogP contribution in [0.1, 0.15) is 22.8 Å². The van der Waals surface area contributed by atoms with Crippen LogP contribution in [0.4, 0.5) is 5.82 Å². The highest BCUT2D eigenvalue weighted by molar-refractivity contribution is 5.94. The summed E-state index contributed by atoms with van der Waals surface area (Å²) >= 11 is 0. The normalized spacial score (nSPS) is 11.1. The van der Waals surface area contributed by atoms with Crippen LogP contribution < -0.4 is 5.73 Å². The number of rotatable bonds is 2. The van der Waals surface area contributed by atoms with Crippen LogP contribution >= 0.6 is 0 Å². The third-order valence-corrected chi connectivity index (χ3v) is 3.22. The molecule has 5 nitrogen and oxygen atoms in total. The number of nitrogen functional groups attached to an aromatic ring is 1. The molecule has 0 saturated heterocycles. The summed E-state index contributed by atoms with van der Waals surface area (Å²) in [4.78, 5) is 16.2. The van der Waals surface area contributed by atoms with E-state index in [1.54, 1.807) is 19.2 Å². The Hall–Kier alpha value is -2.56. The van der Waals surface area contributed by atoms with Crippen LogP contribution in [0.3, 0.4) is 0 Å². The van der Waals surface area contributed by atoms with Crippen LogP contribution in [0.15, 0.2) is 30.5 Å². The van der Waals surface area contributed by atoms with Crippen LogP contribution in [0.5, 0.6) is 0 Å². The summed E-state index contributed by atoms with van der Waals surface area (Å²) in [6.07, 6.45) is 1.74. The third kappa shape index (κ3) is 1.87. The number of hydrogen-bond acceptors (Lipinski definition) is 4. The van der Waals surface area contributed by atoms with Gasteiger partial charge in [-0.05, 0) is 37.6 Å². The highest BCUT2D eigenvalue weighted by Crippen LogP contribution is 2.23. The second-order valence-electron chi connectivity index (χ2n) is 4.69. The van der Waals surface area contributed by atoms with Crippen LogP contribution in [0.2, 0.25) is 0 Å². The fourth-order valence-corrected chi connectivity index (χ4v) is 2.30. The van der Waals surface area contributed by atoms with Crippen molar-refractivity contribution in [1.29, 1.82) is 0 Å². The first kappa shape index (κ1) is 12.5. The van der Waals surface area contributed by atoms with Gasteiger partial charge in [0.2, 0.25) is 0 Å². The van der Waals surface area contributed by atoms with Gasteiger partial charge in [-0.25, -0.2) is 9.78 Å². The number of nitrogens with zero attached hydrogens (tertiary/aromatic N) is 2. The van der Waals surface area contributed by atoms with E-state index in [1.807, 2.05) is 29.5 Å². The lowest BCUT2D eigenvalue weighted by atomic mass is 10.2. The Morgan fingerprint density at radius 3 is 2.90 bits per heavy atom. The third-order valence-electron chi connectivity index (χ3n) is 3.22. The minimum Gasteiger partial charge on any atom is -0.462 e. The zero-order valence-corrected chi connectivity index (χ0v) is 11.4. The number of hydrogen-bond donors (Lipinski definition) is 1. The summed E-state index contributed by atoms with van der Waals surface area (Å²) < 4.78 is 6.89. The van der Waals surface area contributed by atoms with Crippen molar-refractivity contribution in [2.75, 3.05) is 12.3 Å². The zero-order chi connectivity index (χ0) is 14.3. The topological polar surface area (TPSA) is 69.6 Å². The Kier molecular flexibility index (Phi) is 2.82. The minimum absolute atomic E-state index is 0.346. The predicted molar refractivity (Wildman–Crippen MR) is 77.8 cm³/mol. The maximum absolute atomic E-state index is 11.8. The predicted octanol–water partition coefficient (Wildman–Crippen LogP) is 2.55. The Bertz CT molecular complexity index is 821. The minimum atomic E-state index is -0.351. The molecule has 0 amide bonds. The number of aromatic nitrogens is 2. The van der Waals surface area contributed by atoms with Crippen molar-refractivity contribution < 1.29 is 9.53 Å². The van der Waals surface area contributed by atoms with Gasteiger partial charge in [0, 0.05) is 6.20 Å². The molecule has 2 heterocycles. The zero-order valence-electron chi connectivity index (χ0n) is 11.4. The number of carbonyl (C=O) groups excluding carboxylic acids is 1. The lowest BCUT2D eigenvalue weighted by Crippen LogP contribution is -2.02. The van der Waals surface area contributed by atoms with Gasteiger partial charge in [0.05, 0.1) is 28.7 Å². The molecule has 0 aliphatic carbocycles. The fraction of sp³-hybridized carbons (Fsp3) is 0.200. The highest BCUT2D eigenvalue weighted by Gasteiger charge is 2.13. The quantitative estimate of drug-likeness (QED) is 0.726. The number of ether oxygens (including phenoxy) is 1. The molecule has 3 rings (SSSR count). The molecule has 0 fully saturated rings. The Morgan fingerprint density at radius 1 is 1.35 bits per heavy atom. The molecule has 3 aromatic rings. The Labute approximate surface area is 116 Å². The molecule has 0 unspecified atom stereocenters. The monoisotopic (exact) mass is 269 g/mol. The second kappa shape index (κ2) is 4.52. The van der Waals surface area contributed by atoms with E-state index in [1.165, 1.54) is 0 Å². The van der Waals surface area contributed by atoms with Crippen LogP contribution in [-0.4, -0.2) is 22.0 Å². The summed E-state index contributed by atoms with van der Waals surface area (Å²) in [6, 6.07) is 7.65. The number of carbonyl (C=O) groups is 1. The molecule has 2 N–H and O–H groups in total. The number of benzene rings is 1. The van der Waals surface area contributed by atoms with Gasteiger partial charge < -0.3 is 14.9 Å². The molecular formula is C15H15N3O2. The summed E-state index contributed by atoms with van der Waals surface area (Å²) in [5, 5.41) is 0. The molecule has 5 heteroatoms. The first-order valence-corrected chi connectivity index (χ1v) is 6.45. The average molecular weight is 269 g/mol. The van der Waals surface area contributed by atoms with Crippen molar-refractivity contribution >= 4 is 28.3 Å². The summed E-state index contributed by atoms with van der Waals surface area (Å²) in [5.41, 5.74) is 10.00. The summed E-state index contributed by atoms with van der Waals surface area (Å²) in [6.45, 7) is 4.13. The van der Waals surface area contributed by atoms with Gasteiger partial charge in [-0.1, -0.05) is 6.07 Å². The van der Waals surface area contributed by atoms with E-state index in [9.17, 15) is 4.79 Å². The van der Waals surface area contributed by atoms with Gasteiger partial charge in [0.1, 0.15) is 5.82 Å². The lowest BCUT2D eigenvalue weighted by Gasteiger charge is -2.05. The highest BCUT2D eigenvalue weighted by atomic mass is 16.5. The Balaban J connectivity index is 2.29. The van der Waals surface area contributed by atoms with Gasteiger partial charge in [-0.15, -0.1) is 0 Å². The van der Waals surface area contributed by atoms with E-state index in [0.717, 1.165) is 16.6 Å². The van der Waals surface area contributed by atoms with E-state index < -0.39 is 0 Å². The molecule has 1 aromatic carbocycles. The second-order valence-corrected chi connectivity index (χ2v) is 4.69. The van der Waals surface area contributed by atoms with Gasteiger partial charge in [0.15, 0.2) is 0 Å². The first-order valence-electron chi connectivity index (χ1n) is 6.45. The van der Waals surface area contributed by atoms with Gasteiger partial charge >= 0.3 is 5.97 Å². The number of fused-ring (bicyclic) bond motifs is 3. The van der Waals surface area contributed by atoms with E-state index in [0.29, 0.717) is 23.5 Å². The number of esters is 1. The molecule has 20 heavy (non-hydrogen) atoms. The lowest BCUT2D eigenvalue weighted by molar-refractivity contribution is 0.0526. The maximum Gasteiger partial charge on any atom is 0.339 e. The molecular weight excluding hydrogens is 254 g/mol. The Morgan fingerprint density at radius 2 is 2.15 bits per heavy atom. The van der Waals surface area contributed by atoms with E-state index in [2.05, 4.69) is 4.98 Å². The van der Waals surface area contributed by atoms with E-state index >= 15 is 0 Å². The molecule has 2 aromatic heterocycles. The van der Waals surface area contributed by atoms with Gasteiger partial charge in [-0.3, -0.25) is 0 Å². The van der Waals surface area contributed by atoms with Crippen molar-refractivity contribution in [3.63, 3.8) is 0 Å². The fourth-order valence-electron chi connectivity index (χ4n) is 2.30. The van der Waals surface area contributed by atoms with Crippen molar-refractivity contribution in [1.82, 2.24) is 9.38 Å². The van der Waals surface area contributed by atoms with E-state index in [-0.39, 0.29) is 5.97 Å². The molecule has 0 spiro atoms. The van der Waals surface area contributed by atoms with E-state index in [4.69, 9.17) is 10.5 Å².